The fraction of sp³-hybridized carbons (Fsp3) is 0.625. The van der Waals surface area contributed by atoms with Crippen LogP contribution in [0, 0.1) is 0 Å². The van der Waals surface area contributed by atoms with Gasteiger partial charge in [0.25, 0.3) is 0 Å². The highest BCUT2D eigenvalue weighted by atomic mass is 28.4. The van der Waals surface area contributed by atoms with Gasteiger partial charge in [0.2, 0.25) is 0 Å². The predicted molar refractivity (Wildman–Crippen MR) is 94.6 cm³/mol. The topological polar surface area (TPSA) is 42.4 Å². The monoisotopic (exact) mass is 317 g/mol. The Kier molecular flexibility index (Phi) is 4.55. The molecule has 0 bridgehead atoms. The standard InChI is InChI=1S/C16H26BN2O2Si/c1-15(2,3)22(5,6)21-11-16(4)10-19(17-12-20)14-13(16)8-7-9-18-14/h7-9,12H,10-11H2,1-6H3. The minimum absolute atomic E-state index is 0.140. The van der Waals surface area contributed by atoms with Crippen LogP contribution in [0.15, 0.2) is 18.3 Å². The molecule has 1 aliphatic rings. The lowest BCUT2D eigenvalue weighted by Gasteiger charge is -2.39. The number of hydrogen-bond donors (Lipinski definition) is 0. The molecule has 1 aromatic heterocycles. The number of fused-ring (bicyclic) bond motifs is 1. The van der Waals surface area contributed by atoms with Crippen molar-refractivity contribution in [3.05, 3.63) is 23.9 Å². The second-order valence-electron chi connectivity index (χ2n) is 7.90. The van der Waals surface area contributed by atoms with Crippen molar-refractivity contribution in [2.24, 2.45) is 0 Å². The third-order valence-electron chi connectivity index (χ3n) is 5.03. The van der Waals surface area contributed by atoms with E-state index in [1.165, 1.54) is 0 Å². The van der Waals surface area contributed by atoms with Crippen LogP contribution in [0.5, 0.6) is 0 Å². The van der Waals surface area contributed by atoms with E-state index < -0.39 is 8.32 Å². The zero-order valence-corrected chi connectivity index (χ0v) is 15.5. The number of rotatable bonds is 5. The molecule has 0 saturated carbocycles. The van der Waals surface area contributed by atoms with Gasteiger partial charge in [0.05, 0.1) is 0 Å². The summed E-state index contributed by atoms with van der Waals surface area (Å²) in [4.78, 5) is 17.2. The van der Waals surface area contributed by atoms with Crippen molar-refractivity contribution in [3.63, 3.8) is 0 Å². The van der Waals surface area contributed by atoms with Gasteiger partial charge in [-0.05, 0) is 24.2 Å². The molecule has 6 heteroatoms. The summed E-state index contributed by atoms with van der Waals surface area (Å²) in [6.45, 7) is 14.9. The van der Waals surface area contributed by atoms with Crippen molar-refractivity contribution in [2.75, 3.05) is 18.0 Å². The van der Waals surface area contributed by atoms with Crippen LogP contribution in [0.3, 0.4) is 0 Å². The summed E-state index contributed by atoms with van der Waals surface area (Å²) in [5, 5.41) is 0.189. The number of pyridine rings is 1. The summed E-state index contributed by atoms with van der Waals surface area (Å²) < 4.78 is 6.45. The van der Waals surface area contributed by atoms with Gasteiger partial charge in [-0.1, -0.05) is 33.8 Å². The lowest BCUT2D eigenvalue weighted by Crippen LogP contribution is -2.46. The Balaban J connectivity index is 2.22. The molecule has 1 radical (unpaired) electrons. The fourth-order valence-corrected chi connectivity index (χ4v) is 3.62. The van der Waals surface area contributed by atoms with Crippen molar-refractivity contribution in [1.82, 2.24) is 4.98 Å². The molecule has 119 valence electrons. The third-order valence-corrected chi connectivity index (χ3v) is 9.51. The highest BCUT2D eigenvalue weighted by Gasteiger charge is 2.43. The van der Waals surface area contributed by atoms with E-state index in [-0.39, 0.29) is 10.5 Å². The highest BCUT2D eigenvalue weighted by Crippen LogP contribution is 2.42. The molecule has 0 N–H and O–H groups in total. The summed E-state index contributed by atoms with van der Waals surface area (Å²) in [5.41, 5.74) is 1.02. The molecule has 4 nitrogen and oxygen atoms in total. The number of carbonyl (C=O) groups is 1. The lowest BCUT2D eigenvalue weighted by molar-refractivity contribution is 0.219. The van der Waals surface area contributed by atoms with Crippen molar-refractivity contribution in [2.45, 2.75) is 51.2 Å². The SMILES string of the molecule is CC1(CO[Si](C)(C)C(C)(C)C)CN([B]C=O)c2ncccc21. The van der Waals surface area contributed by atoms with E-state index in [1.54, 1.807) is 13.6 Å². The molecule has 1 aromatic rings. The fourth-order valence-electron chi connectivity index (χ4n) is 2.51. The van der Waals surface area contributed by atoms with Crippen LogP contribution in [0.25, 0.3) is 0 Å². The van der Waals surface area contributed by atoms with Gasteiger partial charge in [-0.3, -0.25) is 0 Å². The Morgan fingerprint density at radius 3 is 2.77 bits per heavy atom. The van der Waals surface area contributed by atoms with Crippen LogP contribution in [0.4, 0.5) is 5.82 Å². The summed E-state index contributed by atoms with van der Waals surface area (Å²) in [5.74, 6) is 0.871. The number of carbonyl (C=O) groups excluding carboxylic acids is 1. The summed E-state index contributed by atoms with van der Waals surface area (Å²) in [6, 6.07) is 4.05. The van der Waals surface area contributed by atoms with Gasteiger partial charge >= 0.3 is 7.41 Å². The van der Waals surface area contributed by atoms with Crippen LogP contribution in [0.1, 0.15) is 33.3 Å². The first-order chi connectivity index (χ1) is 10.1. The molecule has 0 spiro atoms. The smallest absolute Gasteiger partial charge is 0.330 e. The van der Waals surface area contributed by atoms with E-state index in [9.17, 15) is 4.79 Å². The Morgan fingerprint density at radius 2 is 2.18 bits per heavy atom. The molecule has 0 aromatic carbocycles. The molecular formula is C16H26BN2O2Si. The number of hydrogen-bond acceptors (Lipinski definition) is 4. The van der Waals surface area contributed by atoms with Gasteiger partial charge in [-0.15, -0.1) is 0 Å². The molecule has 1 atom stereocenters. The van der Waals surface area contributed by atoms with Gasteiger partial charge in [0, 0.05) is 30.3 Å². The van der Waals surface area contributed by atoms with Crippen molar-refractivity contribution < 1.29 is 9.22 Å². The largest absolute Gasteiger partial charge is 0.416 e. The molecule has 0 amide bonds. The first-order valence-corrected chi connectivity index (χ1v) is 10.7. The Labute approximate surface area is 135 Å². The third kappa shape index (κ3) is 3.13. The maximum Gasteiger partial charge on any atom is 0.330 e. The average Bonchev–Trinajstić information content (AvgIpc) is 2.71. The molecule has 1 unspecified atom stereocenters. The minimum atomic E-state index is -1.80. The van der Waals surface area contributed by atoms with E-state index in [2.05, 4.69) is 51.8 Å². The number of nitrogens with zero attached hydrogens (tertiary/aromatic N) is 2. The van der Waals surface area contributed by atoms with E-state index >= 15 is 0 Å². The van der Waals surface area contributed by atoms with E-state index in [1.807, 2.05) is 10.9 Å². The van der Waals surface area contributed by atoms with Crippen LogP contribution < -0.4 is 4.81 Å². The normalized spacial score (nSPS) is 21.6. The van der Waals surface area contributed by atoms with Gasteiger partial charge in [-0.2, -0.15) is 0 Å². The van der Waals surface area contributed by atoms with E-state index in [0.717, 1.165) is 24.1 Å². The number of anilines is 1. The molecule has 0 fully saturated rings. The van der Waals surface area contributed by atoms with Crippen LogP contribution in [0.2, 0.25) is 18.1 Å². The van der Waals surface area contributed by atoms with Crippen molar-refractivity contribution in [1.29, 1.82) is 0 Å². The van der Waals surface area contributed by atoms with Crippen molar-refractivity contribution in [3.8, 4) is 0 Å². The van der Waals surface area contributed by atoms with Crippen molar-refractivity contribution >= 4 is 27.7 Å². The van der Waals surface area contributed by atoms with Gasteiger partial charge < -0.3 is 14.0 Å². The highest BCUT2D eigenvalue weighted by molar-refractivity contribution is 6.74. The number of aromatic nitrogens is 1. The maximum atomic E-state index is 10.9. The van der Waals surface area contributed by atoms with Crippen LogP contribution in [-0.2, 0) is 14.6 Å². The Hall–Kier alpha value is -1.14. The molecule has 2 heterocycles. The zero-order chi connectivity index (χ0) is 16.6. The summed E-state index contributed by atoms with van der Waals surface area (Å²) >= 11 is 0. The molecule has 0 saturated heterocycles. The molecule has 0 aliphatic carbocycles. The summed E-state index contributed by atoms with van der Waals surface area (Å²) in [7, 11) is -0.241. The minimum Gasteiger partial charge on any atom is -0.416 e. The Bertz CT molecular complexity index is 559. The predicted octanol–water partition coefficient (Wildman–Crippen LogP) is 2.99. The molecular weight excluding hydrogens is 291 g/mol. The van der Waals surface area contributed by atoms with E-state index in [0.29, 0.717) is 6.61 Å². The van der Waals surface area contributed by atoms with Gasteiger partial charge in [0.15, 0.2) is 8.32 Å². The molecule has 22 heavy (non-hydrogen) atoms. The van der Waals surface area contributed by atoms with Gasteiger partial charge in [-0.25, -0.2) is 4.98 Å². The second-order valence-corrected chi connectivity index (χ2v) is 12.7. The van der Waals surface area contributed by atoms with E-state index in [4.69, 9.17) is 4.43 Å². The average molecular weight is 317 g/mol. The molecule has 2 rings (SSSR count). The first kappa shape index (κ1) is 17.2. The zero-order valence-electron chi connectivity index (χ0n) is 14.5. The lowest BCUT2D eigenvalue weighted by atomic mass is 9.86. The van der Waals surface area contributed by atoms with Gasteiger partial charge in [0.1, 0.15) is 12.0 Å². The first-order valence-electron chi connectivity index (χ1n) is 7.75. The second kappa shape index (κ2) is 5.81. The summed E-state index contributed by atoms with van der Waals surface area (Å²) in [6.07, 6.45) is 2.59. The van der Waals surface area contributed by atoms with Crippen LogP contribution >= 0.6 is 0 Å². The quantitative estimate of drug-likeness (QED) is 0.618. The van der Waals surface area contributed by atoms with Crippen LogP contribution in [-0.4, -0.2) is 40.1 Å². The maximum absolute atomic E-state index is 10.9. The molecule has 1 aliphatic heterocycles. The Morgan fingerprint density at radius 1 is 1.50 bits per heavy atom.